The van der Waals surface area contributed by atoms with Gasteiger partial charge in [0.15, 0.2) is 11.5 Å². The number of para-hydroxylation sites is 2. The fourth-order valence-electron chi connectivity index (χ4n) is 4.98. The number of ether oxygens (including phenoxy) is 3. The Labute approximate surface area is 256 Å². The number of aromatic nitrogens is 2. The summed E-state index contributed by atoms with van der Waals surface area (Å²) in [5.74, 6) is 1.02. The van der Waals surface area contributed by atoms with Crippen molar-refractivity contribution in [2.24, 2.45) is 0 Å². The average molecular weight is 635 g/mol. The number of nitrogens with zero attached hydrogens (tertiary/aromatic N) is 2. The van der Waals surface area contributed by atoms with Gasteiger partial charge in [-0.05, 0) is 36.8 Å². The van der Waals surface area contributed by atoms with Crippen molar-refractivity contribution >= 4 is 12.3 Å². The minimum absolute atomic E-state index is 0.00777. The van der Waals surface area contributed by atoms with Crippen molar-refractivity contribution < 1.29 is 48.1 Å². The normalized spacial score (nSPS) is 26.8. The fourth-order valence-corrected chi connectivity index (χ4v) is 5.42. The highest BCUT2D eigenvalue weighted by Gasteiger charge is 2.38. The van der Waals surface area contributed by atoms with E-state index >= 15 is 0 Å². The van der Waals surface area contributed by atoms with Crippen LogP contribution in [0.3, 0.4) is 0 Å². The maximum absolute atomic E-state index is 13.2. The Bertz CT molecular complexity index is 1530. The van der Waals surface area contributed by atoms with Crippen molar-refractivity contribution in [2.45, 2.75) is 69.3 Å². The van der Waals surface area contributed by atoms with E-state index in [9.17, 15) is 35.1 Å². The molecule has 2 saturated heterocycles. The lowest BCUT2D eigenvalue weighted by Crippen LogP contribution is -2.51. The van der Waals surface area contributed by atoms with Gasteiger partial charge in [-0.1, -0.05) is 24.3 Å². The second kappa shape index (κ2) is 14.1. The molecular formula is C29H34N2O12S. The molecule has 15 heteroatoms. The lowest BCUT2D eigenvalue weighted by Gasteiger charge is -2.36. The third-order valence-corrected chi connectivity index (χ3v) is 7.91. The number of hydrogen-bond donors (Lipinski definition) is 5. The lowest BCUT2D eigenvalue weighted by atomic mass is 10.0. The largest absolute Gasteiger partial charge is 0.461 e. The fraction of sp³-hybridized carbons (Fsp3) is 0.448. The summed E-state index contributed by atoms with van der Waals surface area (Å²) >= 11 is 0.666. The van der Waals surface area contributed by atoms with E-state index in [4.69, 9.17) is 22.6 Å². The molecule has 0 saturated carbocycles. The summed E-state index contributed by atoms with van der Waals surface area (Å²) in [4.78, 5) is 26.0. The van der Waals surface area contributed by atoms with E-state index in [1.165, 1.54) is 10.8 Å². The highest BCUT2D eigenvalue weighted by atomic mass is 32.2. The van der Waals surface area contributed by atoms with Gasteiger partial charge in [-0.2, -0.15) is 0 Å². The summed E-state index contributed by atoms with van der Waals surface area (Å²) in [6.45, 7) is 0.702. The molecule has 2 fully saturated rings. The molecule has 2 aliphatic heterocycles. The molecular weight excluding hydrogens is 600 g/mol. The van der Waals surface area contributed by atoms with Gasteiger partial charge in [0.05, 0.1) is 32.0 Å². The molecule has 0 bridgehead atoms. The van der Waals surface area contributed by atoms with Crippen LogP contribution in [0.15, 0.2) is 64.3 Å². The summed E-state index contributed by atoms with van der Waals surface area (Å²) in [6, 6.07) is 13.4. The molecule has 0 radical (unpaired) electrons. The Morgan fingerprint density at radius 2 is 1.59 bits per heavy atom. The average Bonchev–Trinajstić information content (AvgIpc) is 3.40. The van der Waals surface area contributed by atoms with E-state index in [0.29, 0.717) is 40.7 Å². The second-order valence-electron chi connectivity index (χ2n) is 10.5. The SMILES string of the molecule is Cc1cn(C2CC(O)C(CO)O2)c(=O)n(Cc2ccc(OSOc3ccccc3OC3CC(O)C(O)C(CO)O3)cc2)c1=O. The topological polar surface area (TPSA) is 191 Å². The van der Waals surface area contributed by atoms with Crippen LogP contribution in [0.2, 0.25) is 0 Å². The van der Waals surface area contributed by atoms with Crippen LogP contribution in [0.25, 0.3) is 0 Å². The van der Waals surface area contributed by atoms with Crippen molar-refractivity contribution in [3.05, 3.63) is 86.7 Å². The smallest absolute Gasteiger partial charge is 0.333 e. The van der Waals surface area contributed by atoms with Crippen LogP contribution in [-0.2, 0) is 16.0 Å². The monoisotopic (exact) mass is 634 g/mol. The van der Waals surface area contributed by atoms with Gasteiger partial charge in [0.25, 0.3) is 17.9 Å². The van der Waals surface area contributed by atoms with E-state index in [1.54, 1.807) is 55.5 Å². The predicted molar refractivity (Wildman–Crippen MR) is 155 cm³/mol. The number of hydrogen-bond acceptors (Lipinski definition) is 13. The van der Waals surface area contributed by atoms with Crippen LogP contribution >= 0.6 is 12.3 Å². The summed E-state index contributed by atoms with van der Waals surface area (Å²) in [5, 5.41) is 48.8. The molecule has 0 aliphatic carbocycles. The lowest BCUT2D eigenvalue weighted by molar-refractivity contribution is -0.230. The highest BCUT2D eigenvalue weighted by Crippen LogP contribution is 2.33. The molecule has 7 atom stereocenters. The second-order valence-corrected chi connectivity index (χ2v) is 11.0. The van der Waals surface area contributed by atoms with E-state index in [0.717, 1.165) is 4.57 Å². The molecule has 3 heterocycles. The molecule has 0 spiro atoms. The Morgan fingerprint density at radius 1 is 0.886 bits per heavy atom. The first kappa shape index (κ1) is 32.0. The number of aryl methyl sites for hydroxylation is 1. The van der Waals surface area contributed by atoms with Gasteiger partial charge in [-0.3, -0.25) is 13.9 Å². The summed E-state index contributed by atoms with van der Waals surface area (Å²) in [6.07, 6.45) is -5.30. The van der Waals surface area contributed by atoms with Crippen LogP contribution < -0.4 is 24.4 Å². The zero-order valence-corrected chi connectivity index (χ0v) is 24.5. The van der Waals surface area contributed by atoms with Gasteiger partial charge in [0.1, 0.15) is 30.3 Å². The zero-order chi connectivity index (χ0) is 31.4. The molecule has 14 nitrogen and oxygen atoms in total. The number of aliphatic hydroxyl groups excluding tert-OH is 5. The van der Waals surface area contributed by atoms with Crippen LogP contribution in [0, 0.1) is 6.92 Å². The zero-order valence-electron chi connectivity index (χ0n) is 23.7. The van der Waals surface area contributed by atoms with E-state index in [-0.39, 0.29) is 26.0 Å². The molecule has 44 heavy (non-hydrogen) atoms. The Hall–Kier alpha value is -3.41. The van der Waals surface area contributed by atoms with E-state index in [2.05, 4.69) is 0 Å². The van der Waals surface area contributed by atoms with Crippen molar-refractivity contribution in [1.82, 2.24) is 9.13 Å². The van der Waals surface area contributed by atoms with Crippen molar-refractivity contribution in [1.29, 1.82) is 0 Å². The molecule has 1 aromatic heterocycles. The minimum atomic E-state index is -1.22. The summed E-state index contributed by atoms with van der Waals surface area (Å²) < 4.78 is 30.6. The first-order valence-corrected chi connectivity index (χ1v) is 14.6. The quantitative estimate of drug-likeness (QED) is 0.180. The molecule has 3 aromatic rings. The molecule has 7 unspecified atom stereocenters. The van der Waals surface area contributed by atoms with Crippen molar-refractivity contribution in [2.75, 3.05) is 13.2 Å². The van der Waals surface area contributed by atoms with Gasteiger partial charge in [-0.25, -0.2) is 4.79 Å². The standard InChI is InChI=1S/C29H34N2O12S/c1-16-12-30(25-10-19(34)23(14-32)39-25)29(38)31(28(16)37)13-17-6-8-18(9-7-17)42-44-43-22-5-3-2-4-21(22)40-26-11-20(35)27(36)24(15-33)41-26/h2-9,12,19-20,23-27,32-36H,10-11,13-15H2,1H3. The molecule has 5 rings (SSSR count). The maximum Gasteiger partial charge on any atom is 0.333 e. The molecule has 2 aromatic carbocycles. The number of aliphatic hydroxyl groups is 5. The molecule has 238 valence electrons. The first-order valence-electron chi connectivity index (χ1n) is 13.9. The molecule has 5 N–H and O–H groups in total. The highest BCUT2D eigenvalue weighted by molar-refractivity contribution is 7.90. The third-order valence-electron chi connectivity index (χ3n) is 7.40. The first-order chi connectivity index (χ1) is 21.2. The third kappa shape index (κ3) is 7.11. The van der Waals surface area contributed by atoms with E-state index < -0.39 is 60.9 Å². The van der Waals surface area contributed by atoms with Crippen LogP contribution in [-0.4, -0.2) is 84.7 Å². The number of rotatable bonds is 11. The van der Waals surface area contributed by atoms with E-state index in [1.807, 2.05) is 0 Å². The van der Waals surface area contributed by atoms with Crippen LogP contribution in [0.1, 0.15) is 30.2 Å². The van der Waals surface area contributed by atoms with Crippen LogP contribution in [0.5, 0.6) is 17.2 Å². The Kier molecular flexibility index (Phi) is 10.3. The van der Waals surface area contributed by atoms with Crippen LogP contribution in [0.4, 0.5) is 0 Å². The molecule has 0 amide bonds. The Balaban J connectivity index is 1.20. The van der Waals surface area contributed by atoms with Gasteiger partial charge < -0.3 is 48.1 Å². The maximum atomic E-state index is 13.2. The van der Waals surface area contributed by atoms with Gasteiger partial charge in [0.2, 0.25) is 6.29 Å². The number of benzene rings is 2. The van der Waals surface area contributed by atoms with Gasteiger partial charge >= 0.3 is 5.69 Å². The summed E-state index contributed by atoms with van der Waals surface area (Å²) in [7, 11) is 0. The van der Waals surface area contributed by atoms with Gasteiger partial charge in [-0.15, -0.1) is 0 Å². The molecule has 2 aliphatic rings. The minimum Gasteiger partial charge on any atom is -0.461 e. The summed E-state index contributed by atoms with van der Waals surface area (Å²) in [5.41, 5.74) is -0.0764. The van der Waals surface area contributed by atoms with Crippen molar-refractivity contribution in [3.8, 4) is 17.2 Å². The van der Waals surface area contributed by atoms with Gasteiger partial charge in [0, 0.05) is 24.6 Å². The van der Waals surface area contributed by atoms with Crippen molar-refractivity contribution in [3.63, 3.8) is 0 Å². The Morgan fingerprint density at radius 3 is 2.27 bits per heavy atom. The predicted octanol–water partition coefficient (Wildman–Crippen LogP) is 0.236.